The summed E-state index contributed by atoms with van der Waals surface area (Å²) in [7, 11) is 0. The molecule has 0 radical (unpaired) electrons. The number of hydrogen-bond acceptors (Lipinski definition) is 4. The minimum absolute atomic E-state index is 0.0134. The van der Waals surface area contributed by atoms with Crippen LogP contribution in [0.5, 0.6) is 0 Å². The van der Waals surface area contributed by atoms with Gasteiger partial charge in [-0.05, 0) is 37.0 Å². The van der Waals surface area contributed by atoms with Crippen LogP contribution in [-0.2, 0) is 14.9 Å². The van der Waals surface area contributed by atoms with Crippen molar-refractivity contribution >= 4 is 11.9 Å². The highest BCUT2D eigenvalue weighted by molar-refractivity contribution is 5.96. The third kappa shape index (κ3) is 4.88. The fraction of sp³-hybridized carbons (Fsp3) is 0.471. The van der Waals surface area contributed by atoms with E-state index in [0.717, 1.165) is 5.56 Å². The van der Waals surface area contributed by atoms with Gasteiger partial charge in [0.15, 0.2) is 6.10 Å². The van der Waals surface area contributed by atoms with Crippen molar-refractivity contribution in [3.8, 4) is 6.07 Å². The summed E-state index contributed by atoms with van der Waals surface area (Å²) in [5, 5.41) is 11.2. The summed E-state index contributed by atoms with van der Waals surface area (Å²) in [6, 6.07) is 8.24. The number of nitrogens with one attached hydrogen (secondary N) is 1. The minimum atomic E-state index is -0.835. The van der Waals surface area contributed by atoms with Gasteiger partial charge in [0, 0.05) is 5.56 Å². The molecule has 0 saturated carbocycles. The molecular formula is C17H22N2O3. The fourth-order valence-corrected chi connectivity index (χ4v) is 1.76. The zero-order valence-corrected chi connectivity index (χ0v) is 13.6. The summed E-state index contributed by atoms with van der Waals surface area (Å²) in [5.74, 6) is -0.983. The predicted octanol–water partition coefficient (Wildman–Crippen LogP) is 2.56. The molecule has 1 aromatic carbocycles. The smallest absolute Gasteiger partial charge is 0.329 e. The average Bonchev–Trinajstić information content (AvgIpc) is 2.46. The van der Waals surface area contributed by atoms with Crippen LogP contribution in [0.4, 0.5) is 0 Å². The minimum Gasteiger partial charge on any atom is -0.446 e. The van der Waals surface area contributed by atoms with Crippen molar-refractivity contribution in [3.05, 3.63) is 35.4 Å². The normalized spacial score (nSPS) is 13.6. The summed E-state index contributed by atoms with van der Waals surface area (Å²) in [5.41, 5.74) is 1.61. The summed E-state index contributed by atoms with van der Waals surface area (Å²) in [6.45, 7) is 9.27. The Morgan fingerprint density at radius 2 is 1.73 bits per heavy atom. The highest BCUT2D eigenvalue weighted by Gasteiger charge is 2.20. The lowest BCUT2D eigenvalue weighted by molar-refractivity contribution is -0.147. The molecule has 0 aliphatic heterocycles. The van der Waals surface area contributed by atoms with E-state index in [1.165, 1.54) is 13.8 Å². The molecule has 0 spiro atoms. The maximum atomic E-state index is 12.1. The number of nitrogens with zero attached hydrogens (tertiary/aromatic N) is 1. The van der Waals surface area contributed by atoms with E-state index in [9.17, 15) is 9.59 Å². The lowest BCUT2D eigenvalue weighted by atomic mass is 9.86. The lowest BCUT2D eigenvalue weighted by Gasteiger charge is -2.19. The number of carbonyl (C=O) groups is 2. The molecule has 0 aromatic heterocycles. The number of esters is 1. The molecule has 0 unspecified atom stereocenters. The van der Waals surface area contributed by atoms with E-state index < -0.39 is 18.1 Å². The molecule has 1 aromatic rings. The van der Waals surface area contributed by atoms with Crippen molar-refractivity contribution in [1.82, 2.24) is 5.32 Å². The first-order valence-electron chi connectivity index (χ1n) is 7.16. The molecule has 1 N–H and O–H groups in total. The zero-order chi connectivity index (χ0) is 16.9. The fourth-order valence-electron chi connectivity index (χ4n) is 1.76. The third-order valence-corrected chi connectivity index (χ3v) is 3.19. The molecule has 0 aliphatic carbocycles. The van der Waals surface area contributed by atoms with Crippen LogP contribution in [0, 0.1) is 11.3 Å². The number of nitriles is 1. The second-order valence-corrected chi connectivity index (χ2v) is 6.23. The van der Waals surface area contributed by atoms with E-state index in [1.54, 1.807) is 18.2 Å². The number of carbonyl (C=O) groups excluding carboxylic acids is 2. The predicted molar refractivity (Wildman–Crippen MR) is 83.2 cm³/mol. The molecule has 0 bridgehead atoms. The number of rotatable bonds is 4. The molecule has 118 valence electrons. The van der Waals surface area contributed by atoms with Crippen molar-refractivity contribution in [2.24, 2.45) is 0 Å². The molecule has 0 heterocycles. The van der Waals surface area contributed by atoms with Gasteiger partial charge in [-0.2, -0.15) is 5.26 Å². The Hall–Kier alpha value is -2.35. The second-order valence-electron chi connectivity index (χ2n) is 6.23. The van der Waals surface area contributed by atoms with Gasteiger partial charge in [-0.1, -0.05) is 32.9 Å². The molecule has 22 heavy (non-hydrogen) atoms. The Morgan fingerprint density at radius 3 is 2.18 bits per heavy atom. The molecular weight excluding hydrogens is 280 g/mol. The average molecular weight is 302 g/mol. The van der Waals surface area contributed by atoms with Crippen LogP contribution in [0.2, 0.25) is 0 Å². The van der Waals surface area contributed by atoms with Gasteiger partial charge in [0.2, 0.25) is 0 Å². The first-order chi connectivity index (χ1) is 10.1. The van der Waals surface area contributed by atoms with Gasteiger partial charge in [0.25, 0.3) is 5.91 Å². The van der Waals surface area contributed by atoms with Gasteiger partial charge in [-0.15, -0.1) is 0 Å². The summed E-state index contributed by atoms with van der Waals surface area (Å²) < 4.78 is 4.85. The Morgan fingerprint density at radius 1 is 1.18 bits per heavy atom. The van der Waals surface area contributed by atoms with E-state index >= 15 is 0 Å². The Labute approximate surface area is 131 Å². The summed E-state index contributed by atoms with van der Waals surface area (Å²) in [4.78, 5) is 23.8. The van der Waals surface area contributed by atoms with Crippen molar-refractivity contribution in [2.75, 3.05) is 0 Å². The van der Waals surface area contributed by atoms with Crippen LogP contribution in [0.3, 0.4) is 0 Å². The van der Waals surface area contributed by atoms with Crippen LogP contribution in [-0.4, -0.2) is 24.0 Å². The van der Waals surface area contributed by atoms with Crippen molar-refractivity contribution in [3.63, 3.8) is 0 Å². The highest BCUT2D eigenvalue weighted by Crippen LogP contribution is 2.22. The lowest BCUT2D eigenvalue weighted by Crippen LogP contribution is -2.40. The molecule has 5 heteroatoms. The van der Waals surface area contributed by atoms with Crippen molar-refractivity contribution < 1.29 is 14.3 Å². The van der Waals surface area contributed by atoms with Crippen LogP contribution in [0.25, 0.3) is 0 Å². The molecule has 2 atom stereocenters. The summed E-state index contributed by atoms with van der Waals surface area (Å²) in [6.07, 6.45) is -0.835. The first kappa shape index (κ1) is 17.7. The molecule has 5 nitrogen and oxygen atoms in total. The standard InChI is InChI=1S/C17H22N2O3/c1-11(10-18)22-16(21)12(2)19-15(20)13-6-8-14(9-7-13)17(3,4)5/h6-9,11-12H,1-5H3,(H,19,20)/t11-,12-/m0/s1. The molecule has 0 saturated heterocycles. The molecule has 0 aliphatic rings. The van der Waals surface area contributed by atoms with Gasteiger partial charge in [0.1, 0.15) is 12.1 Å². The Balaban J connectivity index is 2.69. The maximum absolute atomic E-state index is 12.1. The Kier molecular flexibility index (Phi) is 5.69. The van der Waals surface area contributed by atoms with Gasteiger partial charge >= 0.3 is 5.97 Å². The van der Waals surface area contributed by atoms with Crippen molar-refractivity contribution in [2.45, 2.75) is 52.2 Å². The highest BCUT2D eigenvalue weighted by atomic mass is 16.5. The quantitative estimate of drug-likeness (QED) is 0.867. The Bertz CT molecular complexity index is 579. The number of amides is 1. The van der Waals surface area contributed by atoms with Crippen LogP contribution < -0.4 is 5.32 Å². The monoisotopic (exact) mass is 302 g/mol. The SMILES string of the molecule is C[C@H](NC(=O)c1ccc(C(C)(C)C)cc1)C(=O)O[C@@H](C)C#N. The van der Waals surface area contributed by atoms with Crippen LogP contribution in [0.1, 0.15) is 50.5 Å². The molecule has 1 amide bonds. The number of benzene rings is 1. The van der Waals surface area contributed by atoms with Gasteiger partial charge in [0.05, 0.1) is 0 Å². The van der Waals surface area contributed by atoms with E-state index in [-0.39, 0.29) is 11.3 Å². The van der Waals surface area contributed by atoms with E-state index in [1.807, 2.05) is 12.1 Å². The first-order valence-corrected chi connectivity index (χ1v) is 7.16. The van der Waals surface area contributed by atoms with Crippen molar-refractivity contribution in [1.29, 1.82) is 5.26 Å². The van der Waals surface area contributed by atoms with Crippen LogP contribution in [0.15, 0.2) is 24.3 Å². The zero-order valence-electron chi connectivity index (χ0n) is 13.6. The van der Waals surface area contributed by atoms with Gasteiger partial charge in [-0.25, -0.2) is 4.79 Å². The summed E-state index contributed by atoms with van der Waals surface area (Å²) >= 11 is 0. The second kappa shape index (κ2) is 7.08. The van der Waals surface area contributed by atoms with Gasteiger partial charge in [-0.3, -0.25) is 4.79 Å². The largest absolute Gasteiger partial charge is 0.446 e. The topological polar surface area (TPSA) is 79.2 Å². The number of hydrogen-bond donors (Lipinski definition) is 1. The number of ether oxygens (including phenoxy) is 1. The van der Waals surface area contributed by atoms with E-state index in [0.29, 0.717) is 5.56 Å². The maximum Gasteiger partial charge on any atom is 0.329 e. The molecule has 1 rings (SSSR count). The van der Waals surface area contributed by atoms with Crippen LogP contribution >= 0.6 is 0 Å². The van der Waals surface area contributed by atoms with E-state index in [2.05, 4.69) is 26.1 Å². The molecule has 0 fully saturated rings. The van der Waals surface area contributed by atoms with E-state index in [4.69, 9.17) is 10.00 Å². The third-order valence-electron chi connectivity index (χ3n) is 3.19. The van der Waals surface area contributed by atoms with Gasteiger partial charge < -0.3 is 10.1 Å².